The second-order valence-electron chi connectivity index (χ2n) is 11.7. The summed E-state index contributed by atoms with van der Waals surface area (Å²) >= 11 is 0. The number of carbonyl (C=O) groups excluding carboxylic acids is 2. The smallest absolute Gasteiger partial charge is 0.493 e. The van der Waals surface area contributed by atoms with E-state index < -0.39 is 45.4 Å². The van der Waals surface area contributed by atoms with Crippen LogP contribution in [0.1, 0.15) is 5.69 Å². The van der Waals surface area contributed by atoms with Crippen molar-refractivity contribution in [2.45, 2.75) is 23.8 Å². The van der Waals surface area contributed by atoms with E-state index in [4.69, 9.17) is 14.3 Å². The maximum absolute atomic E-state index is 13.6. The summed E-state index contributed by atoms with van der Waals surface area (Å²) in [6.07, 6.45) is -8.19. The van der Waals surface area contributed by atoms with Gasteiger partial charge < -0.3 is 24.2 Å². The largest absolute Gasteiger partial charge is 0.497 e. The quantitative estimate of drug-likeness (QED) is 0.125. The van der Waals surface area contributed by atoms with Crippen LogP contribution >= 0.6 is 0 Å². The van der Waals surface area contributed by atoms with E-state index >= 15 is 0 Å². The molecule has 2 aromatic heterocycles. The third-order valence-electron chi connectivity index (χ3n) is 8.36. The van der Waals surface area contributed by atoms with Gasteiger partial charge in [-0.3, -0.25) is 4.90 Å². The molecule has 0 atom stereocenters. The molecular weight excluding hydrogens is 710 g/mol. The summed E-state index contributed by atoms with van der Waals surface area (Å²) in [6, 6.07) is 14.7. The normalized spacial score (nSPS) is 14.6. The van der Waals surface area contributed by atoms with Crippen LogP contribution in [-0.2, 0) is 26.0 Å². The Labute approximate surface area is 285 Å². The van der Waals surface area contributed by atoms with Gasteiger partial charge in [-0.25, -0.2) is 18.0 Å². The van der Waals surface area contributed by atoms with E-state index in [9.17, 15) is 44.3 Å². The topological polar surface area (TPSA) is 123 Å². The number of sulfone groups is 1. The van der Waals surface area contributed by atoms with E-state index in [0.29, 0.717) is 30.9 Å². The van der Waals surface area contributed by atoms with Gasteiger partial charge in [0, 0.05) is 79.5 Å². The summed E-state index contributed by atoms with van der Waals surface area (Å²) < 4.78 is 116. The van der Waals surface area contributed by atoms with E-state index in [1.807, 2.05) is 35.4 Å². The second kappa shape index (κ2) is 13.1. The Morgan fingerprint density at radius 3 is 2.16 bits per heavy atom. The van der Waals surface area contributed by atoms with Crippen LogP contribution in [-0.4, -0.2) is 86.9 Å². The molecule has 0 amide bonds. The SMILES string of the molecule is COc1cc(OC(=O)C(F)(F)F)c2c(-c3ccc(S(C)(=O)=O)cc3)c(CN3CCN(c4cccc5[nH]ccc45)CC3)n(OC(=O)C(F)(F)F)c2c1. The second-order valence-corrected chi connectivity index (χ2v) is 13.7. The zero-order valence-corrected chi connectivity index (χ0v) is 27.6. The summed E-state index contributed by atoms with van der Waals surface area (Å²) in [6.45, 7) is 1.42. The van der Waals surface area contributed by atoms with Gasteiger partial charge in [0.15, 0.2) is 9.84 Å². The van der Waals surface area contributed by atoms with Crippen LogP contribution in [0.4, 0.5) is 32.0 Å². The fourth-order valence-electron chi connectivity index (χ4n) is 6.00. The maximum atomic E-state index is 13.6. The highest BCUT2D eigenvalue weighted by atomic mass is 32.2. The predicted octanol–water partition coefficient (Wildman–Crippen LogP) is 5.51. The van der Waals surface area contributed by atoms with Gasteiger partial charge in [-0.05, 0) is 35.9 Å². The van der Waals surface area contributed by atoms with Crippen molar-refractivity contribution < 1.29 is 58.7 Å². The number of benzene rings is 3. The van der Waals surface area contributed by atoms with Crippen LogP contribution in [0.15, 0.2) is 71.8 Å². The number of H-pyrrole nitrogens is 1. The molecule has 270 valence electrons. The molecule has 0 unspecified atom stereocenters. The van der Waals surface area contributed by atoms with E-state index in [1.165, 1.54) is 24.3 Å². The number of nitrogens with one attached hydrogen (secondary N) is 1. The molecule has 1 N–H and O–H groups in total. The van der Waals surface area contributed by atoms with Crippen molar-refractivity contribution >= 4 is 49.3 Å². The van der Waals surface area contributed by atoms with Gasteiger partial charge in [-0.15, -0.1) is 0 Å². The Morgan fingerprint density at radius 2 is 1.55 bits per heavy atom. The molecule has 51 heavy (non-hydrogen) atoms. The maximum Gasteiger partial charge on any atom is 0.493 e. The van der Waals surface area contributed by atoms with Crippen LogP contribution in [0.5, 0.6) is 11.5 Å². The Bertz CT molecular complexity index is 2240. The molecule has 5 aromatic rings. The summed E-state index contributed by atoms with van der Waals surface area (Å²) in [7, 11) is -2.60. The number of nitrogens with zero attached hydrogens (tertiary/aromatic N) is 3. The number of methoxy groups -OCH3 is 1. The molecule has 18 heteroatoms. The third kappa shape index (κ3) is 7.18. The van der Waals surface area contributed by atoms with Crippen molar-refractivity contribution in [1.29, 1.82) is 0 Å². The summed E-state index contributed by atoms with van der Waals surface area (Å²) in [4.78, 5) is 36.3. The summed E-state index contributed by atoms with van der Waals surface area (Å²) in [5, 5.41) is 0.656. The molecule has 3 heterocycles. The fraction of sp³-hybridized carbons (Fsp3) is 0.273. The number of aromatic amines is 1. The molecule has 0 bridgehead atoms. The van der Waals surface area contributed by atoms with Crippen molar-refractivity contribution in [2.75, 3.05) is 44.4 Å². The van der Waals surface area contributed by atoms with Gasteiger partial charge in [0.05, 0.1) is 28.6 Å². The Kier molecular flexibility index (Phi) is 9.18. The number of fused-ring (bicyclic) bond motifs is 2. The summed E-state index contributed by atoms with van der Waals surface area (Å²) in [5.41, 5.74) is 1.38. The minimum absolute atomic E-state index is 0.0767. The average molecular weight is 739 g/mol. The lowest BCUT2D eigenvalue weighted by molar-refractivity contribution is -0.199. The van der Waals surface area contributed by atoms with Crippen LogP contribution in [0, 0.1) is 0 Å². The minimum Gasteiger partial charge on any atom is -0.497 e. The van der Waals surface area contributed by atoms with Gasteiger partial charge in [0.25, 0.3) is 0 Å². The zero-order chi connectivity index (χ0) is 36.9. The zero-order valence-electron chi connectivity index (χ0n) is 26.8. The number of alkyl halides is 6. The fourth-order valence-corrected chi connectivity index (χ4v) is 6.63. The minimum atomic E-state index is -5.49. The number of esters is 1. The number of piperazine rings is 1. The molecule has 1 aliphatic rings. The highest BCUT2D eigenvalue weighted by Gasteiger charge is 2.44. The predicted molar refractivity (Wildman–Crippen MR) is 172 cm³/mol. The highest BCUT2D eigenvalue weighted by molar-refractivity contribution is 7.90. The molecular formula is C33H28F6N4O7S. The Morgan fingerprint density at radius 1 is 0.882 bits per heavy atom. The average Bonchev–Trinajstić information content (AvgIpc) is 3.67. The van der Waals surface area contributed by atoms with Crippen molar-refractivity contribution in [3.63, 3.8) is 0 Å². The standard InChI is InChI=1S/C33H28F6N4O7S/c1-48-20-16-25-29(27(17-20)49-30(44)32(34,35)36)28(19-6-8-21(9-7-19)51(2,46)47)26(43(25)50-31(45)33(37,38)39)18-41-12-14-42(15-13-41)24-5-3-4-23-22(24)10-11-40-23/h3-11,16-17,40H,12-15,18H2,1-2H3. The molecule has 6 rings (SSSR count). The highest BCUT2D eigenvalue weighted by Crippen LogP contribution is 2.44. The molecule has 0 aliphatic carbocycles. The van der Waals surface area contributed by atoms with Crippen molar-refractivity contribution in [1.82, 2.24) is 14.6 Å². The first-order valence-corrected chi connectivity index (χ1v) is 17.0. The first kappa shape index (κ1) is 35.6. The number of hydrogen-bond donors (Lipinski definition) is 1. The molecule has 0 spiro atoms. The molecule has 1 aliphatic heterocycles. The Balaban J connectivity index is 1.51. The van der Waals surface area contributed by atoms with E-state index in [0.717, 1.165) is 42.1 Å². The summed E-state index contributed by atoms with van der Waals surface area (Å²) in [5.74, 6) is -6.28. The third-order valence-corrected chi connectivity index (χ3v) is 9.49. The van der Waals surface area contributed by atoms with E-state index in [-0.39, 0.29) is 39.4 Å². The van der Waals surface area contributed by atoms with Crippen molar-refractivity contribution in [2.24, 2.45) is 0 Å². The number of aromatic nitrogens is 2. The first-order valence-electron chi connectivity index (χ1n) is 15.1. The van der Waals surface area contributed by atoms with Gasteiger partial charge in [0.1, 0.15) is 11.5 Å². The lowest BCUT2D eigenvalue weighted by atomic mass is 10.0. The van der Waals surface area contributed by atoms with E-state index in [2.05, 4.69) is 9.88 Å². The lowest BCUT2D eigenvalue weighted by Gasteiger charge is -2.36. The number of rotatable bonds is 8. The van der Waals surface area contributed by atoms with Crippen molar-refractivity contribution in [3.8, 4) is 22.6 Å². The van der Waals surface area contributed by atoms with Crippen LogP contribution < -0.4 is 19.2 Å². The molecule has 11 nitrogen and oxygen atoms in total. The number of hydrogen-bond acceptors (Lipinski definition) is 9. The molecule has 0 saturated carbocycles. The van der Waals surface area contributed by atoms with Gasteiger partial charge in [0.2, 0.25) is 0 Å². The van der Waals surface area contributed by atoms with Gasteiger partial charge >= 0.3 is 24.3 Å². The number of halogens is 6. The lowest BCUT2D eigenvalue weighted by Crippen LogP contribution is -2.46. The monoisotopic (exact) mass is 738 g/mol. The number of carbonyl (C=O) groups is 2. The van der Waals surface area contributed by atoms with Gasteiger partial charge in [-0.2, -0.15) is 31.1 Å². The molecule has 3 aromatic carbocycles. The van der Waals surface area contributed by atoms with Crippen molar-refractivity contribution in [3.05, 3.63) is 72.6 Å². The first-order chi connectivity index (χ1) is 24.0. The molecule has 0 radical (unpaired) electrons. The van der Waals surface area contributed by atoms with Crippen LogP contribution in [0.2, 0.25) is 0 Å². The van der Waals surface area contributed by atoms with E-state index in [1.54, 1.807) is 0 Å². The Hall–Kier alpha value is -5.23. The molecule has 1 saturated heterocycles. The van der Waals surface area contributed by atoms with Gasteiger partial charge in [-0.1, -0.05) is 18.2 Å². The van der Waals surface area contributed by atoms with Crippen LogP contribution in [0.3, 0.4) is 0 Å². The van der Waals surface area contributed by atoms with Crippen LogP contribution in [0.25, 0.3) is 32.9 Å². The number of ether oxygens (including phenoxy) is 2. The number of anilines is 1. The molecule has 1 fully saturated rings.